The fourth-order valence-electron chi connectivity index (χ4n) is 3.18. The van der Waals surface area contributed by atoms with Crippen LogP contribution in [-0.4, -0.2) is 50.3 Å². The molecule has 0 aromatic heterocycles. The molecule has 7 nitrogen and oxygen atoms in total. The molecule has 0 saturated carbocycles. The van der Waals surface area contributed by atoms with Gasteiger partial charge >= 0.3 is 5.97 Å². The summed E-state index contributed by atoms with van der Waals surface area (Å²) in [5.74, 6) is -0.615. The topological polar surface area (TPSA) is 92.8 Å². The van der Waals surface area contributed by atoms with Gasteiger partial charge in [-0.3, -0.25) is 4.79 Å². The van der Waals surface area contributed by atoms with E-state index in [4.69, 9.17) is 4.74 Å². The van der Waals surface area contributed by atoms with Gasteiger partial charge in [0.15, 0.2) is 0 Å². The molecule has 1 amide bonds. The third-order valence-corrected chi connectivity index (χ3v) is 6.46. The second-order valence-electron chi connectivity index (χ2n) is 6.62. The fraction of sp³-hybridized carbons (Fsp3) is 0.529. The van der Waals surface area contributed by atoms with Crippen LogP contribution in [0.3, 0.4) is 0 Å². The fourth-order valence-corrected chi connectivity index (χ4v) is 4.82. The number of hydrogen-bond acceptors (Lipinski definition) is 5. The third-order valence-electron chi connectivity index (χ3n) is 4.59. The van der Waals surface area contributed by atoms with Crippen molar-refractivity contribution in [2.75, 3.05) is 19.7 Å². The van der Waals surface area contributed by atoms with E-state index < -0.39 is 27.9 Å². The summed E-state index contributed by atoms with van der Waals surface area (Å²) < 4.78 is 31.9. The van der Waals surface area contributed by atoms with Gasteiger partial charge in [-0.15, -0.1) is 0 Å². The predicted molar refractivity (Wildman–Crippen MR) is 90.4 cm³/mol. The van der Waals surface area contributed by atoms with E-state index in [1.807, 2.05) is 6.92 Å². The highest BCUT2D eigenvalue weighted by atomic mass is 32.2. The maximum Gasteiger partial charge on any atom is 0.328 e. The van der Waals surface area contributed by atoms with Crippen molar-refractivity contribution in [2.24, 2.45) is 5.92 Å². The quantitative estimate of drug-likeness (QED) is 0.807. The maximum atomic E-state index is 12.8. The van der Waals surface area contributed by atoms with Crippen LogP contribution in [0.1, 0.15) is 36.5 Å². The number of rotatable bonds is 4. The van der Waals surface area contributed by atoms with Crippen molar-refractivity contribution in [3.05, 3.63) is 29.8 Å². The van der Waals surface area contributed by atoms with E-state index in [1.54, 1.807) is 6.07 Å². The first-order valence-electron chi connectivity index (χ1n) is 8.45. The van der Waals surface area contributed by atoms with Gasteiger partial charge in [-0.2, -0.15) is 4.31 Å². The zero-order valence-corrected chi connectivity index (χ0v) is 14.9. The number of piperidine rings is 1. The van der Waals surface area contributed by atoms with Crippen molar-refractivity contribution < 1.29 is 22.7 Å². The van der Waals surface area contributed by atoms with Gasteiger partial charge < -0.3 is 10.1 Å². The van der Waals surface area contributed by atoms with Gasteiger partial charge in [0.05, 0.1) is 11.5 Å². The number of nitrogens with zero attached hydrogens (tertiary/aromatic N) is 1. The number of ether oxygens (including phenoxy) is 1. The predicted octanol–water partition coefficient (Wildman–Crippen LogP) is 1.15. The van der Waals surface area contributed by atoms with Gasteiger partial charge in [0, 0.05) is 25.1 Å². The Morgan fingerprint density at radius 2 is 2.12 bits per heavy atom. The summed E-state index contributed by atoms with van der Waals surface area (Å²) in [5.41, 5.74) is 0.214. The molecule has 2 heterocycles. The molecule has 0 bridgehead atoms. The molecule has 2 fully saturated rings. The van der Waals surface area contributed by atoms with E-state index in [0.29, 0.717) is 25.4 Å². The van der Waals surface area contributed by atoms with Crippen molar-refractivity contribution >= 4 is 21.9 Å². The van der Waals surface area contributed by atoms with Crippen LogP contribution < -0.4 is 5.32 Å². The molecule has 0 aliphatic carbocycles. The largest absolute Gasteiger partial charge is 0.464 e. The number of esters is 1. The molecule has 0 radical (unpaired) electrons. The molecule has 25 heavy (non-hydrogen) atoms. The number of nitrogens with one attached hydrogen (secondary N) is 1. The second kappa shape index (κ2) is 7.13. The molecule has 8 heteroatoms. The SMILES string of the molecule is C[C@@H]1CCCN(S(=O)(=O)c2cccc(C(=O)N[C@H]3CCOC3=O)c2)C1. The smallest absolute Gasteiger partial charge is 0.328 e. The molecule has 1 aromatic carbocycles. The van der Waals surface area contributed by atoms with Gasteiger partial charge in [0.2, 0.25) is 10.0 Å². The molecule has 1 aromatic rings. The van der Waals surface area contributed by atoms with Crippen LogP contribution in [0.4, 0.5) is 0 Å². The first-order chi connectivity index (χ1) is 11.9. The molecule has 2 saturated heterocycles. The lowest BCUT2D eigenvalue weighted by molar-refractivity contribution is -0.139. The Balaban J connectivity index is 1.78. The van der Waals surface area contributed by atoms with E-state index in [0.717, 1.165) is 12.8 Å². The van der Waals surface area contributed by atoms with E-state index in [2.05, 4.69) is 5.32 Å². The molecule has 1 N–H and O–H groups in total. The molecule has 136 valence electrons. The van der Waals surface area contributed by atoms with E-state index in [1.165, 1.54) is 22.5 Å². The van der Waals surface area contributed by atoms with Gasteiger partial charge in [-0.1, -0.05) is 13.0 Å². The Labute approximate surface area is 147 Å². The highest BCUT2D eigenvalue weighted by molar-refractivity contribution is 7.89. The van der Waals surface area contributed by atoms with Crippen molar-refractivity contribution in [3.8, 4) is 0 Å². The Kier molecular flexibility index (Phi) is 5.10. The van der Waals surface area contributed by atoms with Gasteiger partial charge in [-0.05, 0) is 37.0 Å². The Hall–Kier alpha value is -1.93. The minimum atomic E-state index is -3.63. The summed E-state index contributed by atoms with van der Waals surface area (Å²) in [6, 6.07) is 5.27. The highest BCUT2D eigenvalue weighted by Crippen LogP contribution is 2.24. The number of hydrogen-bond donors (Lipinski definition) is 1. The second-order valence-corrected chi connectivity index (χ2v) is 8.56. The summed E-state index contributed by atoms with van der Waals surface area (Å²) in [4.78, 5) is 23.9. The average Bonchev–Trinajstić information content (AvgIpc) is 3.00. The summed E-state index contributed by atoms with van der Waals surface area (Å²) in [7, 11) is -3.63. The number of carbonyl (C=O) groups excluding carboxylic acids is 2. The van der Waals surface area contributed by atoms with Crippen molar-refractivity contribution in [3.63, 3.8) is 0 Å². The minimum Gasteiger partial charge on any atom is -0.464 e. The monoisotopic (exact) mass is 366 g/mol. The van der Waals surface area contributed by atoms with Crippen LogP contribution in [0, 0.1) is 5.92 Å². The van der Waals surface area contributed by atoms with E-state index >= 15 is 0 Å². The number of amides is 1. The lowest BCUT2D eigenvalue weighted by atomic mass is 10.0. The van der Waals surface area contributed by atoms with Crippen molar-refractivity contribution in [2.45, 2.75) is 37.1 Å². The number of cyclic esters (lactones) is 1. The van der Waals surface area contributed by atoms with E-state index in [9.17, 15) is 18.0 Å². The zero-order chi connectivity index (χ0) is 18.0. The lowest BCUT2D eigenvalue weighted by Crippen LogP contribution is -2.39. The number of sulfonamides is 1. The molecule has 2 aliphatic heterocycles. The summed E-state index contributed by atoms with van der Waals surface area (Å²) in [5, 5.41) is 2.59. The van der Waals surface area contributed by atoms with Crippen LogP contribution >= 0.6 is 0 Å². The van der Waals surface area contributed by atoms with Crippen molar-refractivity contribution in [1.82, 2.24) is 9.62 Å². The molecule has 3 rings (SSSR count). The average molecular weight is 366 g/mol. The standard InChI is InChI=1S/C17H22N2O5S/c1-12-4-3-8-19(11-12)25(22,23)14-6-2-5-13(10-14)16(20)18-15-7-9-24-17(15)21/h2,5-6,10,12,15H,3-4,7-9,11H2,1H3,(H,18,20)/t12-,15+/m1/s1. The summed E-state index contributed by atoms with van der Waals surface area (Å²) in [6.45, 7) is 3.31. The maximum absolute atomic E-state index is 12.8. The first-order valence-corrected chi connectivity index (χ1v) is 9.89. The molecular weight excluding hydrogens is 344 g/mol. The molecule has 0 spiro atoms. The van der Waals surface area contributed by atoms with Crippen LogP contribution in [0.5, 0.6) is 0 Å². The number of carbonyl (C=O) groups is 2. The molecule has 2 aliphatic rings. The Bertz CT molecular complexity index is 777. The third kappa shape index (κ3) is 3.85. The van der Waals surface area contributed by atoms with Gasteiger partial charge in [0.25, 0.3) is 5.91 Å². The van der Waals surface area contributed by atoms with Crippen LogP contribution in [0.15, 0.2) is 29.2 Å². The highest BCUT2D eigenvalue weighted by Gasteiger charge is 2.30. The summed E-state index contributed by atoms with van der Waals surface area (Å²) in [6.07, 6.45) is 2.28. The zero-order valence-electron chi connectivity index (χ0n) is 14.1. The molecule has 0 unspecified atom stereocenters. The molecule has 2 atom stereocenters. The van der Waals surface area contributed by atoms with E-state index in [-0.39, 0.29) is 17.1 Å². The van der Waals surface area contributed by atoms with Crippen LogP contribution in [0.25, 0.3) is 0 Å². The molecular formula is C17H22N2O5S. The Morgan fingerprint density at radius 3 is 2.80 bits per heavy atom. The summed E-state index contributed by atoms with van der Waals surface area (Å²) >= 11 is 0. The normalized spacial score (nSPS) is 24.8. The van der Waals surface area contributed by atoms with Gasteiger partial charge in [-0.25, -0.2) is 13.2 Å². The minimum absolute atomic E-state index is 0.100. The first kappa shape index (κ1) is 17.9. The van der Waals surface area contributed by atoms with Crippen LogP contribution in [0.2, 0.25) is 0 Å². The Morgan fingerprint density at radius 1 is 1.32 bits per heavy atom. The van der Waals surface area contributed by atoms with Gasteiger partial charge in [0.1, 0.15) is 6.04 Å². The van der Waals surface area contributed by atoms with Crippen molar-refractivity contribution in [1.29, 1.82) is 0 Å². The lowest BCUT2D eigenvalue weighted by Gasteiger charge is -2.30. The number of benzene rings is 1. The van der Waals surface area contributed by atoms with Crippen LogP contribution in [-0.2, 0) is 19.6 Å².